The van der Waals surface area contributed by atoms with Gasteiger partial charge in [-0.2, -0.15) is 0 Å². The molecule has 1 aliphatic heterocycles. The summed E-state index contributed by atoms with van der Waals surface area (Å²) < 4.78 is 5.83. The second kappa shape index (κ2) is 12.3. The van der Waals surface area contributed by atoms with Crippen LogP contribution in [0.4, 0.5) is 0 Å². The average molecular weight is 384 g/mol. The van der Waals surface area contributed by atoms with Gasteiger partial charge in [0.15, 0.2) is 0 Å². The van der Waals surface area contributed by atoms with Crippen molar-refractivity contribution >= 4 is 18.3 Å². The molecule has 1 aromatic rings. The molecule has 1 saturated heterocycles. The van der Waals surface area contributed by atoms with Crippen LogP contribution in [0.3, 0.4) is 0 Å². The van der Waals surface area contributed by atoms with Gasteiger partial charge >= 0.3 is 0 Å². The Morgan fingerprint density at radius 1 is 1.31 bits per heavy atom. The first kappa shape index (κ1) is 22.9. The van der Waals surface area contributed by atoms with Gasteiger partial charge < -0.3 is 15.0 Å². The van der Waals surface area contributed by atoms with Gasteiger partial charge in [0.1, 0.15) is 6.10 Å². The molecule has 0 aromatic carbocycles. The Bertz CT molecular complexity index is 505. The highest BCUT2D eigenvalue weighted by Crippen LogP contribution is 2.18. The number of hydrogen-bond donors (Lipinski definition) is 1. The number of carbonyl (C=O) groups excluding carboxylic acids is 1. The van der Waals surface area contributed by atoms with E-state index in [1.165, 1.54) is 0 Å². The second-order valence-corrected chi connectivity index (χ2v) is 7.32. The number of hydrogen-bond acceptors (Lipinski definition) is 4. The largest absolute Gasteiger partial charge is 0.369 e. The standard InChI is InChI=1S/C20H33N3O2.ClH/c1-16(2)10-14-25-17(3)20(24)23(15-18-7-4-5-12-22-18)19-8-6-11-21-13-9-19;/h4-5,7,12,16-17,19,21H,6,8-11,13-15H2,1-3H3;1H. The maximum absolute atomic E-state index is 13.1. The molecule has 2 heterocycles. The van der Waals surface area contributed by atoms with Gasteiger partial charge in [0.05, 0.1) is 12.2 Å². The van der Waals surface area contributed by atoms with Crippen LogP contribution < -0.4 is 5.32 Å². The van der Waals surface area contributed by atoms with Crippen LogP contribution in [0.25, 0.3) is 0 Å². The molecule has 5 nitrogen and oxygen atoms in total. The quantitative estimate of drug-likeness (QED) is 0.747. The predicted molar refractivity (Wildman–Crippen MR) is 107 cm³/mol. The van der Waals surface area contributed by atoms with Crippen molar-refractivity contribution < 1.29 is 9.53 Å². The van der Waals surface area contributed by atoms with E-state index in [9.17, 15) is 4.79 Å². The number of aromatic nitrogens is 1. The fourth-order valence-electron chi connectivity index (χ4n) is 3.15. The maximum atomic E-state index is 13.1. The van der Waals surface area contributed by atoms with Gasteiger partial charge in [0.25, 0.3) is 5.91 Å². The van der Waals surface area contributed by atoms with E-state index in [0.29, 0.717) is 19.1 Å². The molecule has 2 unspecified atom stereocenters. The summed E-state index contributed by atoms with van der Waals surface area (Å²) in [6, 6.07) is 6.12. The van der Waals surface area contributed by atoms with Crippen molar-refractivity contribution in [1.29, 1.82) is 0 Å². The summed E-state index contributed by atoms with van der Waals surface area (Å²) in [5.74, 6) is 0.668. The Morgan fingerprint density at radius 3 is 2.81 bits per heavy atom. The number of nitrogens with zero attached hydrogens (tertiary/aromatic N) is 2. The van der Waals surface area contributed by atoms with E-state index in [4.69, 9.17) is 4.74 Å². The molecule has 0 saturated carbocycles. The number of halogens is 1. The van der Waals surface area contributed by atoms with E-state index in [1.54, 1.807) is 6.20 Å². The number of amides is 1. The first-order valence-corrected chi connectivity index (χ1v) is 9.60. The van der Waals surface area contributed by atoms with Crippen molar-refractivity contribution in [1.82, 2.24) is 15.2 Å². The zero-order chi connectivity index (χ0) is 18.1. The van der Waals surface area contributed by atoms with Crippen molar-refractivity contribution in [2.75, 3.05) is 19.7 Å². The Balaban J connectivity index is 0.00000338. The summed E-state index contributed by atoms with van der Waals surface area (Å²) in [7, 11) is 0. The summed E-state index contributed by atoms with van der Waals surface area (Å²) in [5.41, 5.74) is 0.933. The molecule has 148 valence electrons. The third kappa shape index (κ3) is 7.60. The lowest BCUT2D eigenvalue weighted by atomic mass is 10.1. The monoisotopic (exact) mass is 383 g/mol. The molecule has 0 aliphatic carbocycles. The third-order valence-corrected chi connectivity index (χ3v) is 4.74. The van der Waals surface area contributed by atoms with Crippen molar-refractivity contribution in [3.8, 4) is 0 Å². The normalized spacial score (nSPS) is 18.7. The van der Waals surface area contributed by atoms with E-state index in [2.05, 4.69) is 24.1 Å². The van der Waals surface area contributed by atoms with Crippen LogP contribution in [-0.2, 0) is 16.1 Å². The smallest absolute Gasteiger partial charge is 0.252 e. The van der Waals surface area contributed by atoms with E-state index in [0.717, 1.165) is 44.5 Å². The highest BCUT2D eigenvalue weighted by Gasteiger charge is 2.28. The molecule has 0 radical (unpaired) electrons. The Labute approximate surface area is 164 Å². The van der Waals surface area contributed by atoms with Crippen LogP contribution >= 0.6 is 12.4 Å². The highest BCUT2D eigenvalue weighted by atomic mass is 35.5. The molecule has 1 aliphatic rings. The van der Waals surface area contributed by atoms with Crippen LogP contribution in [0.5, 0.6) is 0 Å². The highest BCUT2D eigenvalue weighted by molar-refractivity contribution is 5.85. The predicted octanol–water partition coefficient (Wildman–Crippen LogP) is 3.43. The molecule has 2 rings (SSSR count). The summed E-state index contributed by atoms with van der Waals surface area (Å²) in [4.78, 5) is 19.5. The average Bonchev–Trinajstić information content (AvgIpc) is 2.89. The van der Waals surface area contributed by atoms with Crippen LogP contribution in [0.15, 0.2) is 24.4 Å². The van der Waals surface area contributed by atoms with Crippen molar-refractivity contribution in [3.63, 3.8) is 0 Å². The van der Waals surface area contributed by atoms with Crippen LogP contribution in [0.1, 0.15) is 52.1 Å². The molecular weight excluding hydrogens is 350 g/mol. The summed E-state index contributed by atoms with van der Waals surface area (Å²) in [5, 5.41) is 3.43. The Hall–Kier alpha value is -1.17. The first-order valence-electron chi connectivity index (χ1n) is 9.60. The van der Waals surface area contributed by atoms with E-state index < -0.39 is 6.10 Å². The molecule has 1 aromatic heterocycles. The molecule has 26 heavy (non-hydrogen) atoms. The molecule has 2 atom stereocenters. The van der Waals surface area contributed by atoms with Gasteiger partial charge in [0, 0.05) is 18.8 Å². The first-order chi connectivity index (χ1) is 12.1. The number of nitrogens with one attached hydrogen (secondary N) is 1. The lowest BCUT2D eigenvalue weighted by Gasteiger charge is -2.33. The second-order valence-electron chi connectivity index (χ2n) is 7.32. The molecule has 6 heteroatoms. The lowest BCUT2D eigenvalue weighted by molar-refractivity contribution is -0.146. The fourth-order valence-corrected chi connectivity index (χ4v) is 3.15. The number of ether oxygens (including phenoxy) is 1. The van der Waals surface area contributed by atoms with E-state index in [1.807, 2.05) is 30.0 Å². The minimum atomic E-state index is -0.404. The van der Waals surface area contributed by atoms with Crippen molar-refractivity contribution in [2.45, 2.75) is 65.1 Å². The Morgan fingerprint density at radius 2 is 2.12 bits per heavy atom. The van der Waals surface area contributed by atoms with Gasteiger partial charge in [-0.05, 0) is 63.7 Å². The molecule has 1 fully saturated rings. The SMILES string of the molecule is CC(C)CCOC(C)C(=O)N(Cc1ccccn1)C1CCCNCC1.Cl. The van der Waals surface area contributed by atoms with Crippen molar-refractivity contribution in [3.05, 3.63) is 30.1 Å². The van der Waals surface area contributed by atoms with Crippen molar-refractivity contribution in [2.24, 2.45) is 5.92 Å². The fraction of sp³-hybridized carbons (Fsp3) is 0.700. The molecule has 0 spiro atoms. The minimum Gasteiger partial charge on any atom is -0.369 e. The van der Waals surface area contributed by atoms with Crippen LogP contribution in [0.2, 0.25) is 0 Å². The number of rotatable bonds is 8. The molecule has 0 bridgehead atoms. The van der Waals surface area contributed by atoms with Gasteiger partial charge in [0.2, 0.25) is 0 Å². The number of carbonyl (C=O) groups is 1. The molecule has 1 N–H and O–H groups in total. The summed E-state index contributed by atoms with van der Waals surface area (Å²) in [6.45, 7) is 9.39. The maximum Gasteiger partial charge on any atom is 0.252 e. The van der Waals surface area contributed by atoms with E-state index in [-0.39, 0.29) is 24.4 Å². The topological polar surface area (TPSA) is 54.5 Å². The van der Waals surface area contributed by atoms with Gasteiger partial charge in [-0.25, -0.2) is 0 Å². The van der Waals surface area contributed by atoms with E-state index >= 15 is 0 Å². The Kier molecular flexibility index (Phi) is 10.8. The van der Waals surface area contributed by atoms with Gasteiger partial charge in [-0.3, -0.25) is 9.78 Å². The number of pyridine rings is 1. The zero-order valence-corrected chi connectivity index (χ0v) is 17.1. The third-order valence-electron chi connectivity index (χ3n) is 4.74. The minimum absolute atomic E-state index is 0. The molecular formula is C20H34ClN3O2. The van der Waals surface area contributed by atoms with Gasteiger partial charge in [-0.15, -0.1) is 12.4 Å². The summed E-state index contributed by atoms with van der Waals surface area (Å²) >= 11 is 0. The zero-order valence-electron chi connectivity index (χ0n) is 16.3. The van der Waals surface area contributed by atoms with Crippen LogP contribution in [-0.4, -0.2) is 47.6 Å². The van der Waals surface area contributed by atoms with Crippen LogP contribution in [0, 0.1) is 5.92 Å². The molecule has 1 amide bonds. The lowest BCUT2D eigenvalue weighted by Crippen LogP contribution is -2.45. The summed E-state index contributed by atoms with van der Waals surface area (Å²) in [6.07, 6.45) is 5.47. The van der Waals surface area contributed by atoms with Gasteiger partial charge in [-0.1, -0.05) is 19.9 Å².